The van der Waals surface area contributed by atoms with E-state index in [1.165, 1.54) is 6.39 Å². The smallest absolute Gasteiger partial charge is 0.289 e. The van der Waals surface area contributed by atoms with Crippen LogP contribution in [0.15, 0.2) is 10.8 Å². The molecule has 0 radical (unpaired) electrons. The van der Waals surface area contributed by atoms with Gasteiger partial charge in [0.1, 0.15) is 0 Å². The Labute approximate surface area is 78.5 Å². The van der Waals surface area contributed by atoms with Crippen molar-refractivity contribution in [2.45, 2.75) is 6.92 Å². The number of hydrogen-bond donors (Lipinski definition) is 1. The highest BCUT2D eigenvalue weighted by Gasteiger charge is 2.12. The first-order valence-corrected chi connectivity index (χ1v) is 4.62. The maximum absolute atomic E-state index is 11.2. The van der Waals surface area contributed by atoms with Crippen LogP contribution in [0.5, 0.6) is 0 Å². The second-order valence-corrected chi connectivity index (χ2v) is 3.00. The van der Waals surface area contributed by atoms with Crippen molar-refractivity contribution in [2.75, 3.05) is 11.9 Å². The molecule has 0 unspecified atom stereocenters. The number of nitrogens with zero attached hydrogens (tertiary/aromatic N) is 1. The van der Waals surface area contributed by atoms with Crippen molar-refractivity contribution < 1.29 is 9.21 Å². The van der Waals surface area contributed by atoms with Gasteiger partial charge in [-0.15, -0.1) is 0 Å². The van der Waals surface area contributed by atoms with Gasteiger partial charge in [0.2, 0.25) is 5.76 Å². The van der Waals surface area contributed by atoms with Gasteiger partial charge in [0.05, 0.1) is 5.69 Å². The van der Waals surface area contributed by atoms with E-state index in [4.69, 9.17) is 4.42 Å². The van der Waals surface area contributed by atoms with Gasteiger partial charge in [-0.1, -0.05) is 15.9 Å². The molecule has 0 spiro atoms. The zero-order valence-corrected chi connectivity index (χ0v) is 8.22. The molecule has 4 nitrogen and oxygen atoms in total. The zero-order chi connectivity index (χ0) is 8.97. The Hall–Kier alpha value is -0.840. The molecule has 1 heterocycles. The molecule has 0 aromatic carbocycles. The molecule has 1 amide bonds. The maximum atomic E-state index is 11.2. The van der Waals surface area contributed by atoms with Crippen molar-refractivity contribution in [3.8, 4) is 0 Å². The summed E-state index contributed by atoms with van der Waals surface area (Å²) < 4.78 is 4.88. The summed E-state index contributed by atoms with van der Waals surface area (Å²) in [7, 11) is 0. The summed E-state index contributed by atoms with van der Waals surface area (Å²) in [5.74, 6) is 0.0698. The van der Waals surface area contributed by atoms with Crippen molar-refractivity contribution >= 4 is 21.8 Å². The molecule has 1 rings (SSSR count). The summed E-state index contributed by atoms with van der Waals surface area (Å²) in [6.07, 6.45) is 1.26. The molecule has 1 N–H and O–H groups in total. The minimum Gasteiger partial charge on any atom is -0.438 e. The van der Waals surface area contributed by atoms with E-state index in [9.17, 15) is 4.79 Å². The molecule has 1 aromatic heterocycles. The van der Waals surface area contributed by atoms with E-state index in [0.717, 1.165) is 5.33 Å². The minimum atomic E-state index is -0.218. The topological polar surface area (TPSA) is 55.1 Å². The van der Waals surface area contributed by atoms with E-state index >= 15 is 0 Å². The average molecular weight is 233 g/mol. The van der Waals surface area contributed by atoms with Crippen molar-refractivity contribution in [3.05, 3.63) is 17.8 Å². The van der Waals surface area contributed by atoms with E-state index in [2.05, 4.69) is 26.2 Å². The van der Waals surface area contributed by atoms with Crippen LogP contribution in [-0.4, -0.2) is 22.8 Å². The number of hydrogen-bond acceptors (Lipinski definition) is 3. The second kappa shape index (κ2) is 4.25. The molecule has 66 valence electrons. The number of halogens is 1. The molecule has 12 heavy (non-hydrogen) atoms. The summed E-state index contributed by atoms with van der Waals surface area (Å²) in [6.45, 7) is 2.31. The Bertz CT molecular complexity index is 272. The Morgan fingerprint density at radius 3 is 3.08 bits per heavy atom. The maximum Gasteiger partial charge on any atom is 0.289 e. The fourth-order valence-corrected chi connectivity index (χ4v) is 0.959. The third-order valence-corrected chi connectivity index (χ3v) is 1.73. The van der Waals surface area contributed by atoms with Gasteiger partial charge in [-0.3, -0.25) is 4.79 Å². The number of aryl methyl sites for hydroxylation is 1. The van der Waals surface area contributed by atoms with Gasteiger partial charge in [-0.25, -0.2) is 4.98 Å². The molecule has 0 aliphatic carbocycles. The van der Waals surface area contributed by atoms with Gasteiger partial charge in [0.25, 0.3) is 5.91 Å². The van der Waals surface area contributed by atoms with Crippen LogP contribution in [0.2, 0.25) is 0 Å². The molecule has 0 bridgehead atoms. The van der Waals surface area contributed by atoms with Crippen molar-refractivity contribution in [1.82, 2.24) is 10.3 Å². The molecule has 0 aliphatic heterocycles. The normalized spacial score (nSPS) is 9.83. The van der Waals surface area contributed by atoms with Gasteiger partial charge < -0.3 is 9.73 Å². The third kappa shape index (κ3) is 2.07. The van der Waals surface area contributed by atoms with E-state index in [1.54, 1.807) is 6.92 Å². The van der Waals surface area contributed by atoms with Crippen LogP contribution in [-0.2, 0) is 0 Å². The number of aromatic nitrogens is 1. The summed E-state index contributed by atoms with van der Waals surface area (Å²) in [5, 5.41) is 3.38. The lowest BCUT2D eigenvalue weighted by molar-refractivity contribution is 0.0928. The van der Waals surface area contributed by atoms with Gasteiger partial charge in [0.15, 0.2) is 6.39 Å². The molecular formula is C7H9BrN2O2. The van der Waals surface area contributed by atoms with Gasteiger partial charge in [0, 0.05) is 11.9 Å². The number of carbonyl (C=O) groups is 1. The van der Waals surface area contributed by atoms with Gasteiger partial charge >= 0.3 is 0 Å². The third-order valence-electron chi connectivity index (χ3n) is 1.33. The predicted octanol–water partition coefficient (Wildman–Crippen LogP) is 1.11. The number of oxazole rings is 1. The highest BCUT2D eigenvalue weighted by molar-refractivity contribution is 9.09. The Morgan fingerprint density at radius 1 is 1.83 bits per heavy atom. The van der Waals surface area contributed by atoms with Crippen LogP contribution in [0.3, 0.4) is 0 Å². The molecule has 0 atom stereocenters. The zero-order valence-electron chi connectivity index (χ0n) is 6.63. The number of alkyl halides is 1. The first kappa shape index (κ1) is 9.25. The molecular weight excluding hydrogens is 224 g/mol. The molecule has 0 saturated carbocycles. The fraction of sp³-hybridized carbons (Fsp3) is 0.429. The Balaban J connectivity index is 2.59. The highest BCUT2D eigenvalue weighted by atomic mass is 79.9. The second-order valence-electron chi connectivity index (χ2n) is 2.21. The number of rotatable bonds is 3. The van der Waals surface area contributed by atoms with Gasteiger partial charge in [-0.05, 0) is 6.92 Å². The SMILES string of the molecule is Cc1ncoc1C(=O)NCCBr. The van der Waals surface area contributed by atoms with Crippen LogP contribution < -0.4 is 5.32 Å². The van der Waals surface area contributed by atoms with Gasteiger partial charge in [-0.2, -0.15) is 0 Å². The summed E-state index contributed by atoms with van der Waals surface area (Å²) in [4.78, 5) is 15.0. The van der Waals surface area contributed by atoms with Crippen LogP contribution in [0.4, 0.5) is 0 Å². The molecule has 0 fully saturated rings. The molecule has 1 aromatic rings. The summed E-state index contributed by atoms with van der Waals surface area (Å²) in [6, 6.07) is 0. The highest BCUT2D eigenvalue weighted by Crippen LogP contribution is 2.03. The van der Waals surface area contributed by atoms with Crippen molar-refractivity contribution in [2.24, 2.45) is 0 Å². The van der Waals surface area contributed by atoms with Crippen LogP contribution in [0.1, 0.15) is 16.2 Å². The van der Waals surface area contributed by atoms with Crippen LogP contribution in [0.25, 0.3) is 0 Å². The van der Waals surface area contributed by atoms with E-state index < -0.39 is 0 Å². The average Bonchev–Trinajstić information content (AvgIpc) is 2.47. The quantitative estimate of drug-likeness (QED) is 0.795. The lowest BCUT2D eigenvalue weighted by atomic mass is 10.3. The van der Waals surface area contributed by atoms with Crippen molar-refractivity contribution in [3.63, 3.8) is 0 Å². The largest absolute Gasteiger partial charge is 0.438 e. The Morgan fingerprint density at radius 2 is 2.58 bits per heavy atom. The number of amides is 1. The first-order chi connectivity index (χ1) is 5.75. The molecule has 0 saturated heterocycles. The summed E-state index contributed by atoms with van der Waals surface area (Å²) in [5.41, 5.74) is 0.613. The standard InChI is InChI=1S/C7H9BrN2O2/c1-5-6(12-4-10-5)7(11)9-3-2-8/h4H,2-3H2,1H3,(H,9,11). The lowest BCUT2D eigenvalue weighted by Gasteiger charge is -1.98. The monoisotopic (exact) mass is 232 g/mol. The number of nitrogens with one attached hydrogen (secondary N) is 1. The molecule has 5 heteroatoms. The predicted molar refractivity (Wildman–Crippen MR) is 47.4 cm³/mol. The minimum absolute atomic E-state index is 0.218. The fourth-order valence-electron chi connectivity index (χ4n) is 0.761. The number of carbonyl (C=O) groups excluding carboxylic acids is 1. The Kier molecular flexibility index (Phi) is 3.28. The lowest BCUT2D eigenvalue weighted by Crippen LogP contribution is -2.25. The van der Waals surface area contributed by atoms with E-state index in [-0.39, 0.29) is 11.7 Å². The first-order valence-electron chi connectivity index (χ1n) is 3.50. The van der Waals surface area contributed by atoms with E-state index in [0.29, 0.717) is 12.2 Å². The van der Waals surface area contributed by atoms with E-state index in [1.807, 2.05) is 0 Å². The van der Waals surface area contributed by atoms with Crippen LogP contribution in [0, 0.1) is 6.92 Å². The van der Waals surface area contributed by atoms with Crippen LogP contribution >= 0.6 is 15.9 Å². The molecule has 0 aliphatic rings. The van der Waals surface area contributed by atoms with Crippen molar-refractivity contribution in [1.29, 1.82) is 0 Å². The summed E-state index contributed by atoms with van der Waals surface area (Å²) >= 11 is 3.20.